The maximum atomic E-state index is 4.19. The van der Waals surface area contributed by atoms with Crippen molar-refractivity contribution in [1.82, 2.24) is 19.6 Å². The monoisotopic (exact) mass is 166 g/mol. The molecule has 5 heteroatoms. The van der Waals surface area contributed by atoms with Crippen LogP contribution in [0.1, 0.15) is 12.6 Å². The molecule has 0 N–H and O–H groups in total. The molecular weight excluding hydrogens is 160 g/mol. The Labute approximate surface area is 67.5 Å². The number of aromatic nitrogens is 4. The zero-order valence-corrected chi connectivity index (χ0v) is 6.80. The zero-order chi connectivity index (χ0) is 7.68. The summed E-state index contributed by atoms with van der Waals surface area (Å²) < 4.78 is 4.19. The Morgan fingerprint density at radius 2 is 2.45 bits per heavy atom. The molecule has 0 amide bonds. The van der Waals surface area contributed by atoms with Gasteiger partial charge in [-0.2, -0.15) is 4.37 Å². The first-order valence-corrected chi connectivity index (χ1v) is 4.11. The molecule has 0 aromatic carbocycles. The molecule has 0 spiro atoms. The highest BCUT2D eigenvalue weighted by Crippen LogP contribution is 2.16. The van der Waals surface area contributed by atoms with Gasteiger partial charge in [0, 0.05) is 0 Å². The summed E-state index contributed by atoms with van der Waals surface area (Å²) in [5.41, 5.74) is 1.84. The SMILES string of the molecule is CCc1nsc2ncnnc12. The number of rotatable bonds is 1. The molecule has 4 nitrogen and oxygen atoms in total. The standard InChI is InChI=1S/C6H6N4S/c1-2-4-5-6(11-10-4)7-3-8-9-5/h3H,2H2,1H3. The van der Waals surface area contributed by atoms with E-state index in [0.29, 0.717) is 0 Å². The van der Waals surface area contributed by atoms with E-state index in [2.05, 4.69) is 19.6 Å². The summed E-state index contributed by atoms with van der Waals surface area (Å²) in [5.74, 6) is 0. The van der Waals surface area contributed by atoms with E-state index in [1.807, 2.05) is 6.92 Å². The summed E-state index contributed by atoms with van der Waals surface area (Å²) in [5, 5.41) is 7.65. The van der Waals surface area contributed by atoms with Crippen LogP contribution in [0.2, 0.25) is 0 Å². The van der Waals surface area contributed by atoms with Crippen molar-refractivity contribution in [2.75, 3.05) is 0 Å². The Balaban J connectivity index is 2.76. The minimum atomic E-state index is 0.847. The number of fused-ring (bicyclic) bond motifs is 1. The molecule has 0 unspecified atom stereocenters. The molecule has 56 valence electrons. The first-order chi connectivity index (χ1) is 5.42. The summed E-state index contributed by atoms with van der Waals surface area (Å²) >= 11 is 1.37. The van der Waals surface area contributed by atoms with Gasteiger partial charge in [-0.15, -0.1) is 10.2 Å². The molecule has 2 aromatic heterocycles. The fourth-order valence-corrected chi connectivity index (χ4v) is 1.64. The minimum absolute atomic E-state index is 0.847. The average molecular weight is 166 g/mol. The van der Waals surface area contributed by atoms with Gasteiger partial charge in [-0.3, -0.25) is 0 Å². The predicted molar refractivity (Wildman–Crippen MR) is 42.4 cm³/mol. The maximum absolute atomic E-state index is 4.19. The van der Waals surface area contributed by atoms with Gasteiger partial charge in [0.15, 0.2) is 4.83 Å². The molecule has 2 rings (SSSR count). The molecule has 0 bridgehead atoms. The lowest BCUT2D eigenvalue weighted by molar-refractivity contribution is 1.00. The van der Waals surface area contributed by atoms with E-state index in [0.717, 1.165) is 22.5 Å². The van der Waals surface area contributed by atoms with Crippen LogP contribution in [0.5, 0.6) is 0 Å². The van der Waals surface area contributed by atoms with Crippen molar-refractivity contribution in [1.29, 1.82) is 0 Å². The van der Waals surface area contributed by atoms with Crippen LogP contribution in [0.15, 0.2) is 6.33 Å². The normalized spacial score (nSPS) is 10.6. The Bertz CT molecular complexity index is 369. The van der Waals surface area contributed by atoms with E-state index < -0.39 is 0 Å². The van der Waals surface area contributed by atoms with E-state index in [1.165, 1.54) is 17.9 Å². The molecule has 0 aliphatic carbocycles. The number of aryl methyl sites for hydroxylation is 1. The van der Waals surface area contributed by atoms with Crippen LogP contribution in [-0.2, 0) is 6.42 Å². The second kappa shape index (κ2) is 2.50. The van der Waals surface area contributed by atoms with Gasteiger partial charge < -0.3 is 0 Å². The highest BCUT2D eigenvalue weighted by atomic mass is 32.1. The Hall–Kier alpha value is -1.10. The molecule has 0 fully saturated rings. The Morgan fingerprint density at radius 1 is 1.55 bits per heavy atom. The molecule has 0 atom stereocenters. The van der Waals surface area contributed by atoms with Crippen molar-refractivity contribution in [2.45, 2.75) is 13.3 Å². The first kappa shape index (κ1) is 6.60. The van der Waals surface area contributed by atoms with Crippen molar-refractivity contribution >= 4 is 21.9 Å². The van der Waals surface area contributed by atoms with Crippen molar-refractivity contribution < 1.29 is 0 Å². The van der Waals surface area contributed by atoms with E-state index in [9.17, 15) is 0 Å². The van der Waals surface area contributed by atoms with Crippen LogP contribution in [-0.4, -0.2) is 19.6 Å². The maximum Gasteiger partial charge on any atom is 0.165 e. The topological polar surface area (TPSA) is 51.6 Å². The van der Waals surface area contributed by atoms with Crippen molar-refractivity contribution in [3.63, 3.8) is 0 Å². The van der Waals surface area contributed by atoms with E-state index in [1.54, 1.807) is 0 Å². The van der Waals surface area contributed by atoms with Crippen molar-refractivity contribution in [3.05, 3.63) is 12.0 Å². The number of nitrogens with zero attached hydrogens (tertiary/aromatic N) is 4. The quantitative estimate of drug-likeness (QED) is 0.635. The summed E-state index contributed by atoms with van der Waals surface area (Å²) in [4.78, 5) is 4.90. The Kier molecular flexibility index (Phi) is 1.50. The van der Waals surface area contributed by atoms with Gasteiger partial charge in [-0.25, -0.2) is 4.98 Å². The summed E-state index contributed by atoms with van der Waals surface area (Å²) in [6.45, 7) is 2.04. The Morgan fingerprint density at radius 3 is 3.27 bits per heavy atom. The lowest BCUT2D eigenvalue weighted by Gasteiger charge is -1.85. The van der Waals surface area contributed by atoms with Crippen LogP contribution in [0, 0.1) is 0 Å². The van der Waals surface area contributed by atoms with Gasteiger partial charge in [0.25, 0.3) is 0 Å². The molecule has 0 aliphatic heterocycles. The van der Waals surface area contributed by atoms with Crippen LogP contribution in [0.3, 0.4) is 0 Å². The molecule has 2 aromatic rings. The number of hydrogen-bond acceptors (Lipinski definition) is 5. The molecule has 0 aliphatic rings. The van der Waals surface area contributed by atoms with E-state index in [-0.39, 0.29) is 0 Å². The second-order valence-corrected chi connectivity index (χ2v) is 2.85. The van der Waals surface area contributed by atoms with Gasteiger partial charge >= 0.3 is 0 Å². The van der Waals surface area contributed by atoms with Gasteiger partial charge in [0.05, 0.1) is 5.69 Å². The van der Waals surface area contributed by atoms with Crippen molar-refractivity contribution in [3.8, 4) is 0 Å². The summed E-state index contributed by atoms with van der Waals surface area (Å²) in [6, 6.07) is 0. The second-order valence-electron chi connectivity index (χ2n) is 2.10. The largest absolute Gasteiger partial charge is 0.220 e. The van der Waals surface area contributed by atoms with E-state index in [4.69, 9.17) is 0 Å². The van der Waals surface area contributed by atoms with Gasteiger partial charge in [0.2, 0.25) is 0 Å². The van der Waals surface area contributed by atoms with Crippen molar-refractivity contribution in [2.24, 2.45) is 0 Å². The van der Waals surface area contributed by atoms with Gasteiger partial charge in [-0.1, -0.05) is 6.92 Å². The van der Waals surface area contributed by atoms with Gasteiger partial charge in [-0.05, 0) is 18.0 Å². The van der Waals surface area contributed by atoms with Crippen LogP contribution in [0.25, 0.3) is 10.3 Å². The smallest absolute Gasteiger partial charge is 0.165 e. The van der Waals surface area contributed by atoms with Crippen LogP contribution < -0.4 is 0 Å². The molecule has 11 heavy (non-hydrogen) atoms. The lowest BCUT2D eigenvalue weighted by atomic mass is 10.3. The minimum Gasteiger partial charge on any atom is -0.220 e. The third kappa shape index (κ3) is 0.970. The van der Waals surface area contributed by atoms with Gasteiger partial charge in [0.1, 0.15) is 11.8 Å². The molecule has 0 radical (unpaired) electrons. The fraction of sp³-hybridized carbons (Fsp3) is 0.333. The zero-order valence-electron chi connectivity index (χ0n) is 5.98. The average Bonchev–Trinajstić information content (AvgIpc) is 2.47. The summed E-state index contributed by atoms with van der Waals surface area (Å²) in [7, 11) is 0. The highest BCUT2D eigenvalue weighted by molar-refractivity contribution is 7.12. The number of hydrogen-bond donors (Lipinski definition) is 0. The van der Waals surface area contributed by atoms with Crippen LogP contribution >= 0.6 is 11.5 Å². The van der Waals surface area contributed by atoms with E-state index >= 15 is 0 Å². The first-order valence-electron chi connectivity index (χ1n) is 3.33. The highest BCUT2D eigenvalue weighted by Gasteiger charge is 2.05. The summed E-state index contributed by atoms with van der Waals surface area (Å²) in [6.07, 6.45) is 2.33. The third-order valence-electron chi connectivity index (χ3n) is 1.44. The lowest BCUT2D eigenvalue weighted by Crippen LogP contribution is -1.86. The molecule has 0 saturated carbocycles. The predicted octanol–water partition coefficient (Wildman–Crippen LogP) is 1.04. The third-order valence-corrected chi connectivity index (χ3v) is 2.22. The molecule has 2 heterocycles. The fourth-order valence-electron chi connectivity index (χ4n) is 0.887. The van der Waals surface area contributed by atoms with Crippen LogP contribution in [0.4, 0.5) is 0 Å². The molecular formula is C6H6N4S. The molecule has 0 saturated heterocycles.